The Morgan fingerprint density at radius 2 is 1.64 bits per heavy atom. The number of carbonyl (C=O) groups is 1. The van der Waals surface area contributed by atoms with E-state index in [1.54, 1.807) is 29.2 Å². The lowest BCUT2D eigenvalue weighted by molar-refractivity contribution is 0.0236. The van der Waals surface area contributed by atoms with Crippen molar-refractivity contribution in [1.82, 2.24) is 4.90 Å². The van der Waals surface area contributed by atoms with Crippen molar-refractivity contribution in [1.29, 1.82) is 5.26 Å². The molecular formula is C27H27FN2O3. The first-order valence-corrected chi connectivity index (χ1v) is 10.7. The summed E-state index contributed by atoms with van der Waals surface area (Å²) in [5.74, 6) is 0.252. The van der Waals surface area contributed by atoms with Crippen molar-refractivity contribution in [2.45, 2.75) is 39.3 Å². The number of amides is 1. The first kappa shape index (κ1) is 23.8. The second kappa shape index (κ2) is 10.6. The van der Waals surface area contributed by atoms with Gasteiger partial charge in [0.05, 0.1) is 5.56 Å². The molecule has 6 heteroatoms. The van der Waals surface area contributed by atoms with Crippen LogP contribution >= 0.6 is 0 Å². The summed E-state index contributed by atoms with van der Waals surface area (Å²) >= 11 is 0. The van der Waals surface area contributed by atoms with Gasteiger partial charge in [-0.25, -0.2) is 9.18 Å². The molecule has 170 valence electrons. The van der Waals surface area contributed by atoms with E-state index in [2.05, 4.69) is 0 Å². The molecule has 0 heterocycles. The highest BCUT2D eigenvalue weighted by Gasteiger charge is 2.22. The molecule has 0 radical (unpaired) electrons. The Kier molecular flexibility index (Phi) is 7.68. The van der Waals surface area contributed by atoms with E-state index in [4.69, 9.17) is 14.7 Å². The van der Waals surface area contributed by atoms with Gasteiger partial charge < -0.3 is 14.4 Å². The van der Waals surface area contributed by atoms with Gasteiger partial charge in [0.25, 0.3) is 0 Å². The molecule has 1 amide bonds. The lowest BCUT2D eigenvalue weighted by Gasteiger charge is -2.27. The number of rotatable bonds is 7. The van der Waals surface area contributed by atoms with Crippen LogP contribution in [0.4, 0.5) is 9.18 Å². The standard InChI is InChI=1S/C27H27FN2O3/c1-27(2,3)33-26(31)30(19-21-7-5-4-6-8-21)16-15-20-9-12-23(13-10-20)32-24-14-11-22(18-29)25(28)17-24/h4-14,17H,15-16,19H2,1-3H3. The van der Waals surface area contributed by atoms with Crippen LogP contribution in [0.2, 0.25) is 0 Å². The fourth-order valence-corrected chi connectivity index (χ4v) is 3.14. The number of ether oxygens (including phenoxy) is 2. The molecule has 0 aromatic heterocycles. The van der Waals surface area contributed by atoms with Crippen LogP contribution in [0.5, 0.6) is 11.5 Å². The maximum Gasteiger partial charge on any atom is 0.410 e. The number of nitriles is 1. The van der Waals surface area contributed by atoms with Gasteiger partial charge in [-0.3, -0.25) is 0 Å². The summed E-state index contributed by atoms with van der Waals surface area (Å²) in [7, 11) is 0. The van der Waals surface area contributed by atoms with Crippen molar-refractivity contribution >= 4 is 6.09 Å². The molecule has 33 heavy (non-hydrogen) atoms. The number of carbonyl (C=O) groups excluding carboxylic acids is 1. The van der Waals surface area contributed by atoms with Gasteiger partial charge in [-0.15, -0.1) is 0 Å². The third-order valence-electron chi connectivity index (χ3n) is 4.76. The fraction of sp³-hybridized carbons (Fsp3) is 0.259. The minimum atomic E-state index is -0.618. The average molecular weight is 447 g/mol. The van der Waals surface area contributed by atoms with Crippen molar-refractivity contribution in [3.05, 3.63) is 95.3 Å². The van der Waals surface area contributed by atoms with E-state index in [1.165, 1.54) is 12.1 Å². The second-order valence-electron chi connectivity index (χ2n) is 8.64. The predicted molar refractivity (Wildman–Crippen MR) is 124 cm³/mol. The van der Waals surface area contributed by atoms with E-state index in [0.717, 1.165) is 11.1 Å². The van der Waals surface area contributed by atoms with Gasteiger partial charge >= 0.3 is 6.09 Å². The number of hydrogen-bond donors (Lipinski definition) is 0. The van der Waals surface area contributed by atoms with Crippen LogP contribution in [0, 0.1) is 17.1 Å². The molecule has 0 atom stereocenters. The van der Waals surface area contributed by atoms with E-state index in [-0.39, 0.29) is 11.7 Å². The van der Waals surface area contributed by atoms with Crippen LogP contribution in [0.1, 0.15) is 37.5 Å². The van der Waals surface area contributed by atoms with E-state index in [0.29, 0.717) is 31.0 Å². The van der Waals surface area contributed by atoms with Crippen molar-refractivity contribution in [3.8, 4) is 17.6 Å². The van der Waals surface area contributed by atoms with Gasteiger partial charge in [0, 0.05) is 19.2 Å². The first-order chi connectivity index (χ1) is 15.7. The van der Waals surface area contributed by atoms with Crippen molar-refractivity contribution in [2.24, 2.45) is 0 Å². The molecule has 0 aliphatic heterocycles. The quantitative estimate of drug-likeness (QED) is 0.417. The second-order valence-corrected chi connectivity index (χ2v) is 8.64. The Morgan fingerprint density at radius 3 is 2.24 bits per heavy atom. The highest BCUT2D eigenvalue weighted by atomic mass is 19.1. The molecule has 5 nitrogen and oxygen atoms in total. The summed E-state index contributed by atoms with van der Waals surface area (Å²) in [5.41, 5.74) is 1.45. The Morgan fingerprint density at radius 1 is 0.970 bits per heavy atom. The van der Waals surface area contributed by atoms with Crippen LogP contribution in [0.15, 0.2) is 72.8 Å². The van der Waals surface area contributed by atoms with Crippen LogP contribution < -0.4 is 4.74 Å². The molecule has 3 aromatic carbocycles. The summed E-state index contributed by atoms with van der Waals surface area (Å²) in [6.07, 6.45) is 0.284. The van der Waals surface area contributed by atoms with Gasteiger partial charge in [-0.1, -0.05) is 42.5 Å². The SMILES string of the molecule is CC(C)(C)OC(=O)N(CCc1ccc(Oc2ccc(C#N)c(F)c2)cc1)Cc1ccccc1. The van der Waals surface area contributed by atoms with E-state index in [1.807, 2.05) is 63.2 Å². The molecule has 0 aliphatic rings. The Hall–Kier alpha value is -3.85. The molecule has 0 N–H and O–H groups in total. The zero-order valence-corrected chi connectivity index (χ0v) is 19.0. The third-order valence-corrected chi connectivity index (χ3v) is 4.76. The fourth-order valence-electron chi connectivity index (χ4n) is 3.14. The summed E-state index contributed by atoms with van der Waals surface area (Å²) in [6, 6.07) is 23.1. The normalized spacial score (nSPS) is 10.9. The summed E-state index contributed by atoms with van der Waals surface area (Å²) < 4.78 is 25.0. The van der Waals surface area contributed by atoms with E-state index < -0.39 is 11.4 Å². The summed E-state index contributed by atoms with van der Waals surface area (Å²) in [6.45, 7) is 6.50. The monoisotopic (exact) mass is 446 g/mol. The van der Waals surface area contributed by atoms with Gasteiger partial charge in [-0.2, -0.15) is 5.26 Å². The molecule has 0 saturated heterocycles. The van der Waals surface area contributed by atoms with Gasteiger partial charge in [0.2, 0.25) is 0 Å². The van der Waals surface area contributed by atoms with Gasteiger partial charge in [0.1, 0.15) is 29.0 Å². The van der Waals surface area contributed by atoms with Gasteiger partial charge in [-0.05, 0) is 62.6 Å². The molecule has 0 unspecified atom stereocenters. The largest absolute Gasteiger partial charge is 0.457 e. The van der Waals surface area contributed by atoms with Crippen molar-refractivity contribution in [2.75, 3.05) is 6.54 Å². The third kappa shape index (κ3) is 7.36. The zero-order chi connectivity index (χ0) is 23.8. The average Bonchev–Trinajstić information content (AvgIpc) is 2.77. The first-order valence-electron chi connectivity index (χ1n) is 10.7. The minimum absolute atomic E-state index is 0.0252. The lowest BCUT2D eigenvalue weighted by Crippen LogP contribution is -2.37. The lowest BCUT2D eigenvalue weighted by atomic mass is 10.1. The Balaban J connectivity index is 1.64. The maximum absolute atomic E-state index is 13.8. The Bertz CT molecular complexity index is 1120. The van der Waals surface area contributed by atoms with Crippen LogP contribution in [-0.4, -0.2) is 23.1 Å². The molecule has 0 aliphatic carbocycles. The molecule has 3 rings (SSSR count). The highest BCUT2D eigenvalue weighted by molar-refractivity contribution is 5.68. The molecule has 0 bridgehead atoms. The van der Waals surface area contributed by atoms with Crippen LogP contribution in [0.3, 0.4) is 0 Å². The Labute approximate surface area is 194 Å². The van der Waals surface area contributed by atoms with Gasteiger partial charge in [0.15, 0.2) is 0 Å². The minimum Gasteiger partial charge on any atom is -0.457 e. The topological polar surface area (TPSA) is 62.6 Å². The van der Waals surface area contributed by atoms with E-state index >= 15 is 0 Å². The molecule has 0 saturated carbocycles. The number of hydrogen-bond acceptors (Lipinski definition) is 4. The van der Waals surface area contributed by atoms with E-state index in [9.17, 15) is 9.18 Å². The smallest absolute Gasteiger partial charge is 0.410 e. The van der Waals surface area contributed by atoms with Crippen LogP contribution in [-0.2, 0) is 17.7 Å². The highest BCUT2D eigenvalue weighted by Crippen LogP contribution is 2.24. The summed E-state index contributed by atoms with van der Waals surface area (Å²) in [5, 5.41) is 8.83. The maximum atomic E-state index is 13.8. The van der Waals surface area contributed by atoms with Crippen molar-refractivity contribution < 1.29 is 18.7 Å². The number of nitrogens with zero attached hydrogens (tertiary/aromatic N) is 2. The predicted octanol–water partition coefficient (Wildman–Crippen LogP) is 6.47. The molecular weight excluding hydrogens is 419 g/mol. The number of benzene rings is 3. The summed E-state index contributed by atoms with van der Waals surface area (Å²) in [4.78, 5) is 14.4. The molecule has 0 spiro atoms. The van der Waals surface area contributed by atoms with Crippen LogP contribution in [0.25, 0.3) is 0 Å². The molecule has 3 aromatic rings. The van der Waals surface area contributed by atoms with Crippen molar-refractivity contribution in [3.63, 3.8) is 0 Å². The number of halogens is 1. The molecule has 0 fully saturated rings. The zero-order valence-electron chi connectivity index (χ0n) is 19.0.